The van der Waals surface area contributed by atoms with Crippen molar-refractivity contribution in [2.45, 2.75) is 69.7 Å². The molecule has 0 aromatic rings. The van der Waals surface area contributed by atoms with Crippen molar-refractivity contribution in [1.82, 2.24) is 4.90 Å². The minimum absolute atomic E-state index is 0.153. The van der Waals surface area contributed by atoms with Crippen LogP contribution < -0.4 is 5.73 Å². The molecule has 0 aromatic heterocycles. The number of amides is 1. The summed E-state index contributed by atoms with van der Waals surface area (Å²) in [6.45, 7) is 1.96. The molecule has 0 radical (unpaired) electrons. The molecule has 3 rings (SSSR count). The Labute approximate surface area is 110 Å². The normalized spacial score (nSPS) is 29.3. The fourth-order valence-corrected chi connectivity index (χ4v) is 4.08. The van der Waals surface area contributed by atoms with Gasteiger partial charge in [0.05, 0.1) is 0 Å². The standard InChI is InChI=1S/C15H26N2O/c16-15(6-3-7-15)12-13(18)17-10-8-14(9-11-17)4-1-2-5-14/h1-12,16H2. The molecule has 3 nitrogen and oxygen atoms in total. The summed E-state index contributed by atoms with van der Waals surface area (Å²) in [7, 11) is 0. The highest BCUT2D eigenvalue weighted by Crippen LogP contribution is 2.46. The smallest absolute Gasteiger partial charge is 0.224 e. The third-order valence-corrected chi connectivity index (χ3v) is 5.69. The van der Waals surface area contributed by atoms with Crippen LogP contribution in [-0.4, -0.2) is 29.4 Å². The molecule has 0 bridgehead atoms. The van der Waals surface area contributed by atoms with Crippen LogP contribution in [0.2, 0.25) is 0 Å². The van der Waals surface area contributed by atoms with E-state index in [4.69, 9.17) is 5.73 Å². The van der Waals surface area contributed by atoms with Crippen molar-refractivity contribution >= 4 is 5.91 Å². The lowest BCUT2D eigenvalue weighted by Gasteiger charge is -2.42. The summed E-state index contributed by atoms with van der Waals surface area (Å²) in [4.78, 5) is 14.3. The van der Waals surface area contributed by atoms with E-state index in [0.29, 0.717) is 17.7 Å². The molecule has 1 amide bonds. The zero-order valence-electron chi connectivity index (χ0n) is 11.4. The Morgan fingerprint density at radius 1 is 0.944 bits per heavy atom. The molecular formula is C15H26N2O. The van der Waals surface area contributed by atoms with Crippen LogP contribution in [0.5, 0.6) is 0 Å². The Morgan fingerprint density at radius 3 is 2.06 bits per heavy atom. The summed E-state index contributed by atoms with van der Waals surface area (Å²) >= 11 is 0. The maximum Gasteiger partial charge on any atom is 0.224 e. The average Bonchev–Trinajstić information content (AvgIpc) is 2.76. The Kier molecular flexibility index (Phi) is 3.13. The summed E-state index contributed by atoms with van der Waals surface area (Å²) in [5.74, 6) is 0.310. The Morgan fingerprint density at radius 2 is 1.56 bits per heavy atom. The molecule has 0 aromatic carbocycles. The van der Waals surface area contributed by atoms with Gasteiger partial charge in [-0.3, -0.25) is 4.79 Å². The van der Waals surface area contributed by atoms with Crippen LogP contribution in [0, 0.1) is 5.41 Å². The lowest BCUT2D eigenvalue weighted by atomic mass is 9.74. The minimum Gasteiger partial charge on any atom is -0.343 e. The first kappa shape index (κ1) is 12.5. The molecule has 102 valence electrons. The second-order valence-corrected chi connectivity index (χ2v) is 6.98. The minimum atomic E-state index is -0.153. The number of likely N-dealkylation sites (tertiary alicyclic amines) is 1. The molecule has 0 unspecified atom stereocenters. The van der Waals surface area contributed by atoms with E-state index in [1.54, 1.807) is 0 Å². The molecule has 3 aliphatic rings. The summed E-state index contributed by atoms with van der Waals surface area (Å²) in [5, 5.41) is 0. The van der Waals surface area contributed by atoms with E-state index in [9.17, 15) is 4.79 Å². The molecule has 2 saturated carbocycles. The first-order valence-electron chi connectivity index (χ1n) is 7.68. The quantitative estimate of drug-likeness (QED) is 0.818. The summed E-state index contributed by atoms with van der Waals surface area (Å²) < 4.78 is 0. The predicted molar refractivity (Wildman–Crippen MR) is 72.1 cm³/mol. The van der Waals surface area contributed by atoms with Gasteiger partial charge < -0.3 is 10.6 Å². The predicted octanol–water partition coefficient (Wildman–Crippen LogP) is 2.44. The lowest BCUT2D eigenvalue weighted by Crippen LogP contribution is -2.52. The number of rotatable bonds is 2. The maximum atomic E-state index is 12.3. The first-order valence-corrected chi connectivity index (χ1v) is 7.68. The van der Waals surface area contributed by atoms with Gasteiger partial charge in [-0.1, -0.05) is 12.8 Å². The van der Waals surface area contributed by atoms with Crippen molar-refractivity contribution in [3.63, 3.8) is 0 Å². The number of nitrogens with two attached hydrogens (primary N) is 1. The lowest BCUT2D eigenvalue weighted by molar-refractivity contribution is -0.135. The number of carbonyl (C=O) groups is 1. The van der Waals surface area contributed by atoms with Gasteiger partial charge in [-0.25, -0.2) is 0 Å². The molecule has 1 spiro atoms. The van der Waals surface area contributed by atoms with Gasteiger partial charge in [0.1, 0.15) is 0 Å². The Balaban J connectivity index is 1.51. The Hall–Kier alpha value is -0.570. The average molecular weight is 250 g/mol. The van der Waals surface area contributed by atoms with Gasteiger partial charge in [0.2, 0.25) is 5.91 Å². The monoisotopic (exact) mass is 250 g/mol. The molecule has 1 saturated heterocycles. The molecule has 1 aliphatic heterocycles. The number of hydrogen-bond donors (Lipinski definition) is 1. The molecule has 18 heavy (non-hydrogen) atoms. The van der Waals surface area contributed by atoms with Crippen LogP contribution in [0.15, 0.2) is 0 Å². The largest absolute Gasteiger partial charge is 0.343 e. The third-order valence-electron chi connectivity index (χ3n) is 5.69. The highest BCUT2D eigenvalue weighted by molar-refractivity contribution is 5.77. The van der Waals surface area contributed by atoms with Crippen molar-refractivity contribution in [3.8, 4) is 0 Å². The van der Waals surface area contributed by atoms with Crippen LogP contribution in [0.4, 0.5) is 0 Å². The first-order chi connectivity index (χ1) is 8.61. The highest BCUT2D eigenvalue weighted by atomic mass is 16.2. The SMILES string of the molecule is NC1(CC(=O)N2CCC3(CCCC3)CC2)CCC1. The van der Waals surface area contributed by atoms with Crippen LogP contribution in [-0.2, 0) is 4.79 Å². The molecule has 3 heteroatoms. The second kappa shape index (κ2) is 4.52. The molecule has 0 atom stereocenters. The number of hydrogen-bond acceptors (Lipinski definition) is 2. The van der Waals surface area contributed by atoms with Crippen LogP contribution in [0.25, 0.3) is 0 Å². The molecule has 1 heterocycles. The van der Waals surface area contributed by atoms with Gasteiger partial charge in [-0.15, -0.1) is 0 Å². The highest BCUT2D eigenvalue weighted by Gasteiger charge is 2.40. The molecule has 3 fully saturated rings. The summed E-state index contributed by atoms with van der Waals surface area (Å²) in [6, 6.07) is 0. The molecule has 2 aliphatic carbocycles. The van der Waals surface area contributed by atoms with Crippen LogP contribution in [0.3, 0.4) is 0 Å². The summed E-state index contributed by atoms with van der Waals surface area (Å²) in [5.41, 5.74) is 6.63. The maximum absolute atomic E-state index is 12.3. The fourth-order valence-electron chi connectivity index (χ4n) is 4.08. The van der Waals surface area contributed by atoms with E-state index in [2.05, 4.69) is 4.90 Å². The van der Waals surface area contributed by atoms with Crippen molar-refractivity contribution in [2.75, 3.05) is 13.1 Å². The zero-order valence-corrected chi connectivity index (χ0v) is 11.4. The molecular weight excluding hydrogens is 224 g/mol. The van der Waals surface area contributed by atoms with Crippen molar-refractivity contribution in [2.24, 2.45) is 11.1 Å². The van der Waals surface area contributed by atoms with Crippen LogP contribution in [0.1, 0.15) is 64.2 Å². The van der Waals surface area contributed by atoms with Gasteiger partial charge in [0.25, 0.3) is 0 Å². The second-order valence-electron chi connectivity index (χ2n) is 6.98. The van der Waals surface area contributed by atoms with Gasteiger partial charge in [-0.05, 0) is 50.4 Å². The van der Waals surface area contributed by atoms with Crippen molar-refractivity contribution in [3.05, 3.63) is 0 Å². The van der Waals surface area contributed by atoms with Crippen molar-refractivity contribution in [1.29, 1.82) is 0 Å². The van der Waals surface area contributed by atoms with E-state index in [1.807, 2.05) is 0 Å². The van der Waals surface area contributed by atoms with Gasteiger partial charge in [-0.2, -0.15) is 0 Å². The number of carbonyl (C=O) groups excluding carboxylic acids is 1. The fraction of sp³-hybridized carbons (Fsp3) is 0.933. The number of nitrogens with zero attached hydrogens (tertiary/aromatic N) is 1. The van der Waals surface area contributed by atoms with Gasteiger partial charge in [0.15, 0.2) is 0 Å². The summed E-state index contributed by atoms with van der Waals surface area (Å²) in [6.07, 6.45) is 11.9. The number of piperidine rings is 1. The van der Waals surface area contributed by atoms with Gasteiger partial charge >= 0.3 is 0 Å². The van der Waals surface area contributed by atoms with Crippen molar-refractivity contribution < 1.29 is 4.79 Å². The molecule has 2 N–H and O–H groups in total. The van der Waals surface area contributed by atoms with Crippen LogP contribution >= 0.6 is 0 Å². The van der Waals surface area contributed by atoms with Gasteiger partial charge in [0, 0.05) is 25.0 Å². The topological polar surface area (TPSA) is 46.3 Å². The van der Waals surface area contributed by atoms with E-state index in [1.165, 1.54) is 44.9 Å². The Bertz CT molecular complexity index is 319. The van der Waals surface area contributed by atoms with E-state index < -0.39 is 0 Å². The van der Waals surface area contributed by atoms with E-state index >= 15 is 0 Å². The third kappa shape index (κ3) is 2.29. The van der Waals surface area contributed by atoms with E-state index in [-0.39, 0.29) is 5.54 Å². The van der Waals surface area contributed by atoms with E-state index in [0.717, 1.165) is 25.9 Å². The zero-order chi connectivity index (χ0) is 12.6.